The molecule has 0 aliphatic rings. The molecule has 116 valence electrons. The molecule has 2 aromatic heterocycles. The predicted octanol–water partition coefficient (Wildman–Crippen LogP) is 3.41. The van der Waals surface area contributed by atoms with Crippen LogP contribution in [0, 0.1) is 0 Å². The Hall–Kier alpha value is -2.00. The van der Waals surface area contributed by atoms with Crippen LogP contribution in [0.15, 0.2) is 24.3 Å². The Morgan fingerprint density at radius 3 is 2.55 bits per heavy atom. The molecule has 22 heavy (non-hydrogen) atoms. The Labute approximate surface area is 127 Å². The lowest BCUT2D eigenvalue weighted by Gasteiger charge is -2.06. The first kappa shape index (κ1) is 14.9. The van der Waals surface area contributed by atoms with Crippen LogP contribution in [0.1, 0.15) is 17.5 Å². The molecule has 0 N–H and O–H groups in total. The predicted molar refractivity (Wildman–Crippen MR) is 74.4 cm³/mol. The van der Waals surface area contributed by atoms with Crippen molar-refractivity contribution < 1.29 is 17.9 Å². The van der Waals surface area contributed by atoms with Crippen molar-refractivity contribution in [3.8, 4) is 11.4 Å². The van der Waals surface area contributed by atoms with Crippen molar-refractivity contribution in [3.63, 3.8) is 0 Å². The van der Waals surface area contributed by atoms with Gasteiger partial charge in [-0.3, -0.25) is 0 Å². The monoisotopic (exact) mass is 328 g/mol. The molecule has 2 heterocycles. The molecule has 0 unspecified atom stereocenters. The van der Waals surface area contributed by atoms with Gasteiger partial charge in [0.2, 0.25) is 4.96 Å². The van der Waals surface area contributed by atoms with Crippen LogP contribution >= 0.6 is 11.3 Å². The third kappa shape index (κ3) is 2.81. The van der Waals surface area contributed by atoms with E-state index in [1.807, 2.05) is 6.92 Å². The van der Waals surface area contributed by atoms with Gasteiger partial charge in [-0.1, -0.05) is 23.5 Å². The topological polar surface area (TPSA) is 52.3 Å². The van der Waals surface area contributed by atoms with E-state index in [0.717, 1.165) is 17.1 Å². The molecule has 1 aromatic carbocycles. The van der Waals surface area contributed by atoms with Gasteiger partial charge in [0.15, 0.2) is 5.82 Å². The van der Waals surface area contributed by atoms with Gasteiger partial charge in [0.1, 0.15) is 11.6 Å². The minimum Gasteiger partial charge on any atom is -0.374 e. The van der Waals surface area contributed by atoms with E-state index < -0.39 is 11.7 Å². The molecule has 0 bridgehead atoms. The lowest BCUT2D eigenvalue weighted by molar-refractivity contribution is -0.137. The van der Waals surface area contributed by atoms with Crippen LogP contribution in [0.3, 0.4) is 0 Å². The summed E-state index contributed by atoms with van der Waals surface area (Å²) in [5.41, 5.74) is -0.180. The van der Waals surface area contributed by atoms with Crippen molar-refractivity contribution in [3.05, 3.63) is 34.8 Å². The fraction of sp³-hybridized carbons (Fsp3) is 0.308. The SMILES string of the molecule is CCOCc1nn2c(-c3ccc(C(F)(F)F)cc3)nnc2s1. The second kappa shape index (κ2) is 5.65. The molecule has 0 amide bonds. The number of halogens is 3. The van der Waals surface area contributed by atoms with Crippen LogP contribution in [0.5, 0.6) is 0 Å². The Balaban J connectivity index is 1.94. The molecular weight excluding hydrogens is 317 g/mol. The van der Waals surface area contributed by atoms with Gasteiger partial charge in [-0.05, 0) is 19.1 Å². The zero-order valence-corrected chi connectivity index (χ0v) is 12.3. The molecule has 3 rings (SSSR count). The van der Waals surface area contributed by atoms with Gasteiger partial charge < -0.3 is 4.74 Å². The zero-order chi connectivity index (χ0) is 15.7. The number of hydrogen-bond acceptors (Lipinski definition) is 5. The zero-order valence-electron chi connectivity index (χ0n) is 11.5. The second-order valence-electron chi connectivity index (χ2n) is 4.43. The number of nitrogens with zero attached hydrogens (tertiary/aromatic N) is 4. The first-order chi connectivity index (χ1) is 10.5. The molecule has 9 heteroatoms. The molecular formula is C13H11F3N4OS. The number of aromatic nitrogens is 4. The molecule has 0 spiro atoms. The number of benzene rings is 1. The molecule has 0 radical (unpaired) electrons. The highest BCUT2D eigenvalue weighted by molar-refractivity contribution is 7.16. The highest BCUT2D eigenvalue weighted by Crippen LogP contribution is 2.31. The van der Waals surface area contributed by atoms with Gasteiger partial charge in [0.05, 0.1) is 5.56 Å². The van der Waals surface area contributed by atoms with Gasteiger partial charge in [-0.2, -0.15) is 22.8 Å². The maximum atomic E-state index is 12.6. The standard InChI is InChI=1S/C13H11F3N4OS/c1-2-21-7-10-19-20-11(17-18-12(20)22-10)8-3-5-9(6-4-8)13(14,15)16/h3-6H,2,7H2,1H3. The lowest BCUT2D eigenvalue weighted by atomic mass is 10.1. The average molecular weight is 328 g/mol. The second-order valence-corrected chi connectivity index (χ2v) is 5.47. The van der Waals surface area contributed by atoms with Crippen molar-refractivity contribution in [1.29, 1.82) is 0 Å². The molecule has 0 aliphatic heterocycles. The van der Waals surface area contributed by atoms with Gasteiger partial charge >= 0.3 is 6.18 Å². The van der Waals surface area contributed by atoms with Gasteiger partial charge in [-0.25, -0.2) is 0 Å². The summed E-state index contributed by atoms with van der Waals surface area (Å²) in [5, 5.41) is 13.0. The van der Waals surface area contributed by atoms with Crippen LogP contribution in [0.4, 0.5) is 13.2 Å². The van der Waals surface area contributed by atoms with Crippen LogP contribution in [-0.4, -0.2) is 26.4 Å². The summed E-state index contributed by atoms with van der Waals surface area (Å²) >= 11 is 1.33. The van der Waals surface area contributed by atoms with E-state index in [0.29, 0.717) is 29.6 Å². The molecule has 0 fully saturated rings. The van der Waals surface area contributed by atoms with Crippen LogP contribution in [0.2, 0.25) is 0 Å². The van der Waals surface area contributed by atoms with Crippen molar-refractivity contribution >= 4 is 16.3 Å². The summed E-state index contributed by atoms with van der Waals surface area (Å²) in [5.74, 6) is 0.405. The van der Waals surface area contributed by atoms with Crippen molar-refractivity contribution in [2.45, 2.75) is 19.7 Å². The maximum Gasteiger partial charge on any atom is 0.416 e. The van der Waals surface area contributed by atoms with E-state index in [-0.39, 0.29) is 0 Å². The fourth-order valence-electron chi connectivity index (χ4n) is 1.89. The molecule has 0 atom stereocenters. The fourth-order valence-corrected chi connectivity index (χ4v) is 2.66. The maximum absolute atomic E-state index is 12.6. The van der Waals surface area contributed by atoms with Crippen molar-refractivity contribution in [1.82, 2.24) is 19.8 Å². The summed E-state index contributed by atoms with van der Waals surface area (Å²) in [6.45, 7) is 2.83. The summed E-state index contributed by atoms with van der Waals surface area (Å²) in [6, 6.07) is 4.76. The molecule has 3 aromatic rings. The van der Waals surface area contributed by atoms with Gasteiger partial charge in [0.25, 0.3) is 0 Å². The van der Waals surface area contributed by atoms with E-state index in [1.54, 1.807) is 0 Å². The first-order valence-electron chi connectivity index (χ1n) is 6.45. The molecule has 0 aliphatic carbocycles. The third-order valence-electron chi connectivity index (χ3n) is 2.93. The van der Waals surface area contributed by atoms with Crippen LogP contribution in [-0.2, 0) is 17.5 Å². The Kier molecular flexibility index (Phi) is 3.83. The highest BCUT2D eigenvalue weighted by Gasteiger charge is 2.30. The number of fused-ring (bicyclic) bond motifs is 1. The van der Waals surface area contributed by atoms with Gasteiger partial charge in [0, 0.05) is 12.2 Å². The molecule has 0 saturated heterocycles. The highest BCUT2D eigenvalue weighted by atomic mass is 32.1. The Bertz CT molecular complexity index is 779. The minimum atomic E-state index is -4.36. The van der Waals surface area contributed by atoms with Crippen LogP contribution < -0.4 is 0 Å². The minimum absolute atomic E-state index is 0.372. The third-order valence-corrected chi connectivity index (χ3v) is 3.81. The summed E-state index contributed by atoms with van der Waals surface area (Å²) in [6.07, 6.45) is -4.36. The summed E-state index contributed by atoms with van der Waals surface area (Å²) in [7, 11) is 0. The van der Waals surface area contributed by atoms with E-state index in [1.165, 1.54) is 28.0 Å². The molecule has 0 saturated carbocycles. The van der Waals surface area contributed by atoms with Crippen molar-refractivity contribution in [2.24, 2.45) is 0 Å². The van der Waals surface area contributed by atoms with E-state index in [9.17, 15) is 13.2 Å². The normalized spacial score (nSPS) is 12.2. The lowest BCUT2D eigenvalue weighted by Crippen LogP contribution is -2.04. The number of rotatable bonds is 4. The summed E-state index contributed by atoms with van der Waals surface area (Å²) in [4.78, 5) is 0.574. The van der Waals surface area contributed by atoms with Crippen LogP contribution in [0.25, 0.3) is 16.3 Å². The number of ether oxygens (including phenoxy) is 1. The first-order valence-corrected chi connectivity index (χ1v) is 7.27. The largest absolute Gasteiger partial charge is 0.416 e. The number of hydrogen-bond donors (Lipinski definition) is 0. The number of alkyl halides is 3. The Morgan fingerprint density at radius 2 is 1.91 bits per heavy atom. The van der Waals surface area contributed by atoms with E-state index in [4.69, 9.17) is 4.74 Å². The van der Waals surface area contributed by atoms with Gasteiger partial charge in [-0.15, -0.1) is 10.2 Å². The van der Waals surface area contributed by atoms with E-state index in [2.05, 4.69) is 15.3 Å². The smallest absolute Gasteiger partial charge is 0.374 e. The molecule has 5 nitrogen and oxygen atoms in total. The quantitative estimate of drug-likeness (QED) is 0.736. The van der Waals surface area contributed by atoms with E-state index >= 15 is 0 Å². The Morgan fingerprint density at radius 1 is 1.18 bits per heavy atom. The average Bonchev–Trinajstić information content (AvgIpc) is 3.04. The van der Waals surface area contributed by atoms with Crippen molar-refractivity contribution in [2.75, 3.05) is 6.61 Å². The summed E-state index contributed by atoms with van der Waals surface area (Å²) < 4.78 is 44.5.